The van der Waals surface area contributed by atoms with Gasteiger partial charge in [-0.05, 0) is 0 Å². The molecule has 0 unspecified atom stereocenters. The van der Waals surface area contributed by atoms with Gasteiger partial charge in [0.2, 0.25) is 0 Å². The first-order valence-electron chi connectivity index (χ1n) is 4.46. The Bertz CT molecular complexity index is 394. The Kier molecular flexibility index (Phi) is 5.89. The second-order valence-electron chi connectivity index (χ2n) is 3.37. The van der Waals surface area contributed by atoms with Crippen molar-refractivity contribution in [1.82, 2.24) is 0 Å². The van der Waals surface area contributed by atoms with E-state index in [-0.39, 0.29) is 9.41 Å². The van der Waals surface area contributed by atoms with E-state index in [4.69, 9.17) is 0 Å². The first-order valence-corrected chi connectivity index (χ1v) is 5.68. The van der Waals surface area contributed by atoms with Crippen LogP contribution in [-0.4, -0.2) is 0 Å². The first-order chi connectivity index (χ1) is 6.27. The molecule has 0 N–H and O–H groups in total. The number of halogens is 2. The summed E-state index contributed by atoms with van der Waals surface area (Å²) < 4.78 is 1.57. The van der Waals surface area contributed by atoms with Crippen LogP contribution in [0.15, 0.2) is 39.7 Å². The largest absolute Gasteiger partial charge is 0.269 e. The van der Waals surface area contributed by atoms with Crippen molar-refractivity contribution in [2.24, 2.45) is 0 Å². The molecular formula is C12H13F2Zr. The Morgan fingerprint density at radius 1 is 1.20 bits per heavy atom. The molecule has 0 heterocycles. The summed E-state index contributed by atoms with van der Waals surface area (Å²) in [5.74, 6) is 0. The van der Waals surface area contributed by atoms with Gasteiger partial charge in [-0.1, -0.05) is 0 Å². The first kappa shape index (κ1) is 14.4. The molecule has 79 valence electrons. The molecule has 2 rings (SSSR count). The van der Waals surface area contributed by atoms with Crippen molar-refractivity contribution in [2.75, 3.05) is 0 Å². The van der Waals surface area contributed by atoms with Gasteiger partial charge in [0, 0.05) is 0 Å². The molecule has 0 radical (unpaired) electrons. The van der Waals surface area contributed by atoms with Crippen LogP contribution in [-0.2, 0) is 24.7 Å². The van der Waals surface area contributed by atoms with Crippen LogP contribution in [0.1, 0.15) is 17.5 Å². The normalized spacial score (nSPS) is 13.3. The average Bonchev–Trinajstić information content (AvgIpc) is 2.51. The average molecular weight is 286 g/mol. The third-order valence-corrected chi connectivity index (χ3v) is 3.42. The molecule has 0 amide bonds. The molecule has 0 fully saturated rings. The van der Waals surface area contributed by atoms with E-state index in [1.165, 1.54) is 16.7 Å². The van der Waals surface area contributed by atoms with Gasteiger partial charge in [0.25, 0.3) is 0 Å². The molecule has 15 heavy (non-hydrogen) atoms. The summed E-state index contributed by atoms with van der Waals surface area (Å²) in [6.07, 6.45) is 5.65. The molecule has 1 aliphatic carbocycles. The van der Waals surface area contributed by atoms with E-state index in [0.717, 1.165) is 6.42 Å². The molecule has 0 nitrogen and oxygen atoms in total. The molecule has 1 aliphatic rings. The number of aryl methyl sites for hydroxylation is 1. The minimum atomic E-state index is 0. The third-order valence-electron chi connectivity index (χ3n) is 2.26. The molecule has 0 aromatic heterocycles. The zero-order valence-electron chi connectivity index (χ0n) is 8.49. The van der Waals surface area contributed by atoms with Gasteiger partial charge in [-0.3, -0.25) is 9.41 Å². The maximum Gasteiger partial charge on any atom is -0.269 e. The molecule has 3 heteroatoms. The molecule has 1 aromatic rings. The van der Waals surface area contributed by atoms with Gasteiger partial charge in [-0.15, -0.1) is 0 Å². The molecule has 1 aromatic carbocycles. The molecule has 0 aliphatic heterocycles. The van der Waals surface area contributed by atoms with Crippen LogP contribution in [0, 0.1) is 6.92 Å². The zero-order valence-corrected chi connectivity index (χ0v) is 10.9. The predicted molar refractivity (Wildman–Crippen MR) is 56.9 cm³/mol. The van der Waals surface area contributed by atoms with Gasteiger partial charge in [-0.2, -0.15) is 0 Å². The predicted octanol–water partition coefficient (Wildman–Crippen LogP) is 3.52. The van der Waals surface area contributed by atoms with Crippen molar-refractivity contribution in [3.63, 3.8) is 0 Å². The Labute approximate surface area is 104 Å². The number of hydrogen-bond acceptors (Lipinski definition) is 0. The van der Waals surface area contributed by atoms with Gasteiger partial charge >= 0.3 is 94.5 Å². The smallest absolute Gasteiger partial charge is 0.269 e. The van der Waals surface area contributed by atoms with Crippen LogP contribution in [0.3, 0.4) is 0 Å². The van der Waals surface area contributed by atoms with Crippen molar-refractivity contribution < 1.29 is 34.1 Å². The van der Waals surface area contributed by atoms with Crippen molar-refractivity contribution in [2.45, 2.75) is 13.3 Å². The zero-order chi connectivity index (χ0) is 9.26. The SMILES string of the molecule is Cc1cccc(C2=[C]([Zr])CC=C2)c1.F.F. The second-order valence-corrected chi connectivity index (χ2v) is 4.85. The van der Waals surface area contributed by atoms with E-state index in [0.29, 0.717) is 0 Å². The standard InChI is InChI=1S/C12H11.2FH.Zr/c1-10-5-4-8-12(9-10)11-6-2-3-7-11;;;/h2,4-6,8-9H,3H2,1H3;2*1H;. The minimum Gasteiger partial charge on any atom is -0.269 e. The van der Waals surface area contributed by atoms with Gasteiger partial charge in [0.05, 0.1) is 0 Å². The number of allylic oxidation sites excluding steroid dienone is 4. The van der Waals surface area contributed by atoms with Crippen LogP contribution in [0.25, 0.3) is 5.57 Å². The molecule has 0 saturated carbocycles. The fourth-order valence-corrected chi connectivity index (χ4v) is 2.44. The van der Waals surface area contributed by atoms with E-state index in [1.54, 1.807) is 28.0 Å². The number of hydrogen-bond donors (Lipinski definition) is 0. The summed E-state index contributed by atoms with van der Waals surface area (Å²) in [7, 11) is 0. The van der Waals surface area contributed by atoms with Crippen molar-refractivity contribution in [1.29, 1.82) is 0 Å². The summed E-state index contributed by atoms with van der Waals surface area (Å²) in [5, 5.41) is 0. The third kappa shape index (κ3) is 3.20. The summed E-state index contributed by atoms with van der Waals surface area (Å²) in [6, 6.07) is 8.73. The fraction of sp³-hybridized carbons (Fsp3) is 0.167. The molecule has 0 spiro atoms. The Hall–Kier alpha value is -0.557. The van der Waals surface area contributed by atoms with E-state index in [1.807, 2.05) is 0 Å². The summed E-state index contributed by atoms with van der Waals surface area (Å²) in [4.78, 5) is 0. The van der Waals surface area contributed by atoms with Crippen LogP contribution in [0.5, 0.6) is 0 Å². The van der Waals surface area contributed by atoms with Gasteiger partial charge in [-0.25, -0.2) is 0 Å². The van der Waals surface area contributed by atoms with Gasteiger partial charge in [0.1, 0.15) is 0 Å². The Morgan fingerprint density at radius 3 is 2.47 bits per heavy atom. The maximum atomic E-state index is 2.26. The Morgan fingerprint density at radius 2 is 1.93 bits per heavy atom. The van der Waals surface area contributed by atoms with Gasteiger partial charge in [0.15, 0.2) is 0 Å². The number of benzene rings is 1. The molecule has 0 bridgehead atoms. The maximum absolute atomic E-state index is 2.26. The topological polar surface area (TPSA) is 0 Å². The van der Waals surface area contributed by atoms with Crippen molar-refractivity contribution in [3.8, 4) is 0 Å². The summed E-state index contributed by atoms with van der Waals surface area (Å²) in [5.41, 5.74) is 4.16. The van der Waals surface area contributed by atoms with Crippen LogP contribution >= 0.6 is 0 Å². The molecule has 0 saturated heterocycles. The summed E-state index contributed by atoms with van der Waals surface area (Å²) >= 11 is 1.55. The monoisotopic (exact) mass is 285 g/mol. The quantitative estimate of drug-likeness (QED) is 0.741. The van der Waals surface area contributed by atoms with Crippen LogP contribution in [0.2, 0.25) is 0 Å². The second kappa shape index (κ2) is 6.12. The fourth-order valence-electron chi connectivity index (χ4n) is 1.59. The van der Waals surface area contributed by atoms with E-state index in [9.17, 15) is 0 Å². The minimum absolute atomic E-state index is 0. The molecule has 0 atom stereocenters. The van der Waals surface area contributed by atoms with Crippen molar-refractivity contribution >= 4 is 5.57 Å². The number of rotatable bonds is 1. The van der Waals surface area contributed by atoms with E-state index in [2.05, 4.69) is 43.3 Å². The van der Waals surface area contributed by atoms with Crippen molar-refractivity contribution in [3.05, 3.63) is 50.8 Å². The summed E-state index contributed by atoms with van der Waals surface area (Å²) in [6.45, 7) is 2.14. The van der Waals surface area contributed by atoms with E-state index >= 15 is 0 Å². The molecular weight excluding hydrogens is 273 g/mol. The van der Waals surface area contributed by atoms with Gasteiger partial charge < -0.3 is 0 Å². The van der Waals surface area contributed by atoms with Crippen LogP contribution < -0.4 is 0 Å². The van der Waals surface area contributed by atoms with Crippen LogP contribution in [0.4, 0.5) is 9.41 Å². The van der Waals surface area contributed by atoms with E-state index < -0.39 is 0 Å². The Balaban J connectivity index is 0.000000980.